The minimum absolute atomic E-state index is 0.150. The molecule has 38 heavy (non-hydrogen) atoms. The average molecular weight is 516 g/mol. The summed E-state index contributed by atoms with van der Waals surface area (Å²) in [5.74, 6) is 0.377. The standard InChI is InChI=1S/C28H34FN9/c1-28(2,3)25-21-10-18(12-31-26(21)35-37(25)5)24-22(29)13-32-27(34-24)33-23-9-6-17(11-30-23)14-38-15-19-7-8-20(16-38)36(19)4/h6,9-13,19-20H,7-8,14-16H2,1-5H3,(H,30,32,33,34)/t19-,20+. The van der Waals surface area contributed by atoms with Crippen molar-refractivity contribution in [1.29, 1.82) is 0 Å². The molecule has 0 saturated carbocycles. The highest BCUT2D eigenvalue weighted by atomic mass is 19.1. The Morgan fingerprint density at radius 3 is 2.45 bits per heavy atom. The van der Waals surface area contributed by atoms with Crippen LogP contribution in [0.3, 0.4) is 0 Å². The second kappa shape index (κ2) is 9.36. The molecule has 4 aromatic heterocycles. The van der Waals surface area contributed by atoms with Crippen molar-refractivity contribution in [3.05, 3.63) is 53.9 Å². The molecule has 10 heteroatoms. The molecule has 198 valence electrons. The maximum absolute atomic E-state index is 14.9. The lowest BCUT2D eigenvalue weighted by Gasteiger charge is -2.38. The Morgan fingerprint density at radius 2 is 1.76 bits per heavy atom. The Morgan fingerprint density at radius 1 is 1.00 bits per heavy atom. The van der Waals surface area contributed by atoms with Crippen molar-refractivity contribution in [2.45, 2.75) is 57.7 Å². The third kappa shape index (κ3) is 4.63. The summed E-state index contributed by atoms with van der Waals surface area (Å²) in [7, 11) is 4.16. The summed E-state index contributed by atoms with van der Waals surface area (Å²) in [6, 6.07) is 7.24. The van der Waals surface area contributed by atoms with Crippen molar-refractivity contribution >= 4 is 22.8 Å². The van der Waals surface area contributed by atoms with Crippen molar-refractivity contribution in [2.24, 2.45) is 7.05 Å². The summed E-state index contributed by atoms with van der Waals surface area (Å²) in [4.78, 5) is 22.7. The Balaban J connectivity index is 1.20. The minimum atomic E-state index is -0.512. The van der Waals surface area contributed by atoms with Gasteiger partial charge in [-0.2, -0.15) is 5.10 Å². The summed E-state index contributed by atoms with van der Waals surface area (Å²) >= 11 is 0. The minimum Gasteiger partial charge on any atom is -0.309 e. The summed E-state index contributed by atoms with van der Waals surface area (Å²) in [5, 5.41) is 8.53. The van der Waals surface area contributed by atoms with Gasteiger partial charge in [0.1, 0.15) is 11.5 Å². The molecule has 2 fully saturated rings. The zero-order chi connectivity index (χ0) is 26.6. The van der Waals surface area contributed by atoms with Gasteiger partial charge in [0.15, 0.2) is 11.5 Å². The summed E-state index contributed by atoms with van der Waals surface area (Å²) in [5.41, 5.74) is 3.43. The van der Waals surface area contributed by atoms with E-state index in [1.54, 1.807) is 6.20 Å². The third-order valence-corrected chi connectivity index (χ3v) is 7.81. The number of hydrogen-bond acceptors (Lipinski definition) is 8. The number of aryl methyl sites for hydroxylation is 1. The third-order valence-electron chi connectivity index (χ3n) is 7.81. The van der Waals surface area contributed by atoms with Gasteiger partial charge >= 0.3 is 0 Å². The number of nitrogens with one attached hydrogen (secondary N) is 1. The topological polar surface area (TPSA) is 87.9 Å². The molecule has 6 rings (SSSR count). The van der Waals surface area contributed by atoms with E-state index < -0.39 is 5.82 Å². The van der Waals surface area contributed by atoms with E-state index >= 15 is 0 Å². The number of rotatable bonds is 5. The number of likely N-dealkylation sites (tertiary alicyclic amines) is 1. The molecule has 2 saturated heterocycles. The predicted octanol–water partition coefficient (Wildman–Crippen LogP) is 4.28. The maximum Gasteiger partial charge on any atom is 0.229 e. The monoisotopic (exact) mass is 515 g/mol. The fourth-order valence-corrected chi connectivity index (χ4v) is 6.02. The van der Waals surface area contributed by atoms with Crippen LogP contribution in [0.1, 0.15) is 44.9 Å². The van der Waals surface area contributed by atoms with Gasteiger partial charge in [-0.3, -0.25) is 14.5 Å². The van der Waals surface area contributed by atoms with E-state index in [2.05, 4.69) is 74.0 Å². The second-order valence-electron chi connectivity index (χ2n) is 11.6. The van der Waals surface area contributed by atoms with Gasteiger partial charge in [-0.15, -0.1) is 0 Å². The molecule has 2 aliphatic heterocycles. The van der Waals surface area contributed by atoms with Crippen LogP contribution in [0.2, 0.25) is 0 Å². The van der Waals surface area contributed by atoms with Crippen molar-refractivity contribution in [3.8, 4) is 11.3 Å². The van der Waals surface area contributed by atoms with Gasteiger partial charge in [0.05, 0.1) is 11.9 Å². The van der Waals surface area contributed by atoms with Crippen molar-refractivity contribution in [1.82, 2.24) is 39.5 Å². The summed E-state index contributed by atoms with van der Waals surface area (Å²) in [6.45, 7) is 9.47. The number of halogens is 1. The molecule has 0 unspecified atom stereocenters. The van der Waals surface area contributed by atoms with E-state index in [0.29, 0.717) is 29.1 Å². The normalized spacial score (nSPS) is 20.4. The van der Waals surface area contributed by atoms with Gasteiger partial charge in [-0.1, -0.05) is 26.8 Å². The van der Waals surface area contributed by atoms with E-state index in [0.717, 1.165) is 30.7 Å². The van der Waals surface area contributed by atoms with Crippen LogP contribution in [0, 0.1) is 5.82 Å². The molecule has 9 nitrogen and oxygen atoms in total. The van der Waals surface area contributed by atoms with E-state index in [4.69, 9.17) is 0 Å². The number of piperazine rings is 1. The van der Waals surface area contributed by atoms with Crippen LogP contribution in [0.25, 0.3) is 22.3 Å². The highest BCUT2D eigenvalue weighted by Gasteiger charge is 2.37. The Kier molecular flexibility index (Phi) is 6.11. The molecule has 0 aromatic carbocycles. The van der Waals surface area contributed by atoms with E-state index in [9.17, 15) is 4.39 Å². The Labute approximate surface area is 222 Å². The number of nitrogens with zero attached hydrogens (tertiary/aromatic N) is 8. The first-order chi connectivity index (χ1) is 18.2. The lowest BCUT2D eigenvalue weighted by molar-refractivity contribution is 0.0837. The predicted molar refractivity (Wildman–Crippen MR) is 146 cm³/mol. The fourth-order valence-electron chi connectivity index (χ4n) is 6.02. The highest BCUT2D eigenvalue weighted by Crippen LogP contribution is 2.32. The Hall–Kier alpha value is -3.50. The molecule has 6 heterocycles. The van der Waals surface area contributed by atoms with Crippen LogP contribution < -0.4 is 5.32 Å². The second-order valence-corrected chi connectivity index (χ2v) is 11.6. The molecule has 2 atom stereocenters. The number of pyridine rings is 2. The van der Waals surface area contributed by atoms with Gasteiger partial charge in [0.25, 0.3) is 0 Å². The molecule has 0 radical (unpaired) electrons. The zero-order valence-corrected chi connectivity index (χ0v) is 22.6. The molecule has 0 amide bonds. The van der Waals surface area contributed by atoms with Crippen LogP contribution in [0.15, 0.2) is 36.8 Å². The number of hydrogen-bond donors (Lipinski definition) is 1. The van der Waals surface area contributed by atoms with Gasteiger partial charge in [0, 0.05) is 67.5 Å². The number of anilines is 2. The summed E-state index contributed by atoms with van der Waals surface area (Å²) < 4.78 is 16.7. The van der Waals surface area contributed by atoms with Crippen LogP contribution in [0.4, 0.5) is 16.2 Å². The van der Waals surface area contributed by atoms with E-state index in [-0.39, 0.29) is 17.1 Å². The zero-order valence-electron chi connectivity index (χ0n) is 22.6. The molecule has 2 aliphatic rings. The number of likely N-dealkylation sites (N-methyl/N-ethyl adjacent to an activating group) is 1. The van der Waals surface area contributed by atoms with Crippen molar-refractivity contribution in [2.75, 3.05) is 25.5 Å². The SMILES string of the molecule is CN1[C@@H]2CC[C@H]1CN(Cc1ccc(Nc3ncc(F)c(-c4cnc5nn(C)c(C(C)(C)C)c5c4)n3)nc1)C2. The largest absolute Gasteiger partial charge is 0.309 e. The van der Waals surface area contributed by atoms with Crippen molar-refractivity contribution < 1.29 is 4.39 Å². The van der Waals surface area contributed by atoms with Crippen LogP contribution in [-0.4, -0.2) is 71.7 Å². The molecule has 2 bridgehead atoms. The smallest absolute Gasteiger partial charge is 0.229 e. The fraction of sp³-hybridized carbons (Fsp3) is 0.464. The molecular weight excluding hydrogens is 481 g/mol. The highest BCUT2D eigenvalue weighted by molar-refractivity contribution is 5.83. The van der Waals surface area contributed by atoms with E-state index in [1.807, 2.05) is 30.1 Å². The first kappa shape index (κ1) is 24.8. The van der Waals surface area contributed by atoms with Gasteiger partial charge in [-0.25, -0.2) is 24.3 Å². The average Bonchev–Trinajstić information content (AvgIpc) is 3.30. The first-order valence-corrected chi connectivity index (χ1v) is 13.2. The van der Waals surface area contributed by atoms with Gasteiger partial charge in [0.2, 0.25) is 5.95 Å². The quantitative estimate of drug-likeness (QED) is 0.422. The molecule has 1 N–H and O–H groups in total. The van der Waals surface area contributed by atoms with Gasteiger partial charge in [-0.05, 0) is 37.6 Å². The van der Waals surface area contributed by atoms with Gasteiger partial charge < -0.3 is 5.32 Å². The number of fused-ring (bicyclic) bond motifs is 3. The lowest BCUT2D eigenvalue weighted by atomic mass is 9.89. The van der Waals surface area contributed by atoms with Crippen LogP contribution in [0.5, 0.6) is 0 Å². The maximum atomic E-state index is 14.9. The number of aromatic nitrogens is 6. The Bertz CT molecular complexity index is 1460. The van der Waals surface area contributed by atoms with Crippen LogP contribution >= 0.6 is 0 Å². The summed E-state index contributed by atoms with van der Waals surface area (Å²) in [6.07, 6.45) is 7.26. The lowest BCUT2D eigenvalue weighted by Crippen LogP contribution is -2.51. The molecular formula is C28H34FN9. The van der Waals surface area contributed by atoms with Crippen LogP contribution in [-0.2, 0) is 19.0 Å². The molecule has 0 spiro atoms. The molecule has 4 aromatic rings. The van der Waals surface area contributed by atoms with Crippen molar-refractivity contribution in [3.63, 3.8) is 0 Å². The van der Waals surface area contributed by atoms with E-state index in [1.165, 1.54) is 24.6 Å². The molecule has 0 aliphatic carbocycles. The first-order valence-electron chi connectivity index (χ1n) is 13.2.